The van der Waals surface area contributed by atoms with Gasteiger partial charge in [-0.05, 0) is 31.9 Å². The molecule has 0 amide bonds. The molecule has 1 aromatic rings. The third kappa shape index (κ3) is 10.2. The first-order chi connectivity index (χ1) is 12.2. The minimum absolute atomic E-state index is 0. The van der Waals surface area contributed by atoms with Crippen molar-refractivity contribution in [1.29, 1.82) is 0 Å². The van der Waals surface area contributed by atoms with Gasteiger partial charge in [0.15, 0.2) is 5.96 Å². The zero-order valence-electron chi connectivity index (χ0n) is 15.7. The van der Waals surface area contributed by atoms with Crippen molar-refractivity contribution in [3.05, 3.63) is 36.3 Å². The van der Waals surface area contributed by atoms with Crippen molar-refractivity contribution in [3.63, 3.8) is 0 Å². The summed E-state index contributed by atoms with van der Waals surface area (Å²) >= 11 is 0. The highest BCUT2D eigenvalue weighted by molar-refractivity contribution is 14.0. The van der Waals surface area contributed by atoms with Crippen LogP contribution >= 0.6 is 24.0 Å². The maximum atomic E-state index is 5.72. The van der Waals surface area contributed by atoms with Gasteiger partial charge in [-0.3, -0.25) is 0 Å². The van der Waals surface area contributed by atoms with Crippen LogP contribution in [-0.4, -0.2) is 52.0 Å². The number of rotatable bonds is 11. The lowest BCUT2D eigenvalue weighted by Gasteiger charge is -2.13. The standard InChI is InChI=1S/C19H31N3O3.HI/c1-16(2)13-22-19(21-9-6-18-5-3-11-25-18)20-8-4-10-23-14-17-7-12-24-15-17;/h3,5,11,17H,1,4,6-10,12-15H2,2H3,(H2,20,21,22);1H. The molecule has 148 valence electrons. The summed E-state index contributed by atoms with van der Waals surface area (Å²) in [7, 11) is 0. The fourth-order valence-electron chi connectivity index (χ4n) is 2.49. The fourth-order valence-corrected chi connectivity index (χ4v) is 2.49. The van der Waals surface area contributed by atoms with Crippen LogP contribution in [0.1, 0.15) is 25.5 Å². The number of halogens is 1. The van der Waals surface area contributed by atoms with E-state index in [0.29, 0.717) is 12.5 Å². The largest absolute Gasteiger partial charge is 0.469 e. The lowest BCUT2D eigenvalue weighted by molar-refractivity contribution is 0.0888. The molecular formula is C19H32IN3O3. The number of aliphatic imine (C=N–C) groups is 1. The number of hydrogen-bond acceptors (Lipinski definition) is 4. The SMILES string of the molecule is C=C(C)CN=C(NCCCOCC1CCOC1)NCCc1ccco1.I. The van der Waals surface area contributed by atoms with E-state index in [9.17, 15) is 0 Å². The molecule has 2 heterocycles. The molecule has 1 unspecified atom stereocenters. The van der Waals surface area contributed by atoms with Gasteiger partial charge in [0.2, 0.25) is 0 Å². The van der Waals surface area contributed by atoms with Crippen LogP contribution in [0.15, 0.2) is 40.0 Å². The molecule has 1 fully saturated rings. The Morgan fingerprint density at radius 3 is 2.92 bits per heavy atom. The quantitative estimate of drug-likeness (QED) is 0.169. The Balaban J connectivity index is 0.00000338. The van der Waals surface area contributed by atoms with Crippen LogP contribution in [0.5, 0.6) is 0 Å². The summed E-state index contributed by atoms with van der Waals surface area (Å²) in [5.41, 5.74) is 1.04. The van der Waals surface area contributed by atoms with E-state index in [1.807, 2.05) is 19.1 Å². The van der Waals surface area contributed by atoms with Crippen LogP contribution in [0, 0.1) is 5.92 Å². The predicted octanol–water partition coefficient (Wildman–Crippen LogP) is 2.99. The minimum atomic E-state index is 0. The summed E-state index contributed by atoms with van der Waals surface area (Å²) < 4.78 is 16.4. The highest BCUT2D eigenvalue weighted by Gasteiger charge is 2.15. The van der Waals surface area contributed by atoms with Gasteiger partial charge in [0.25, 0.3) is 0 Å². The Hall–Kier alpha value is -1.06. The minimum Gasteiger partial charge on any atom is -0.469 e. The lowest BCUT2D eigenvalue weighted by atomic mass is 10.1. The van der Waals surface area contributed by atoms with Crippen LogP contribution in [0.4, 0.5) is 0 Å². The Labute approximate surface area is 173 Å². The number of furan rings is 1. The first-order valence-corrected chi connectivity index (χ1v) is 9.08. The van der Waals surface area contributed by atoms with Crippen LogP contribution in [-0.2, 0) is 15.9 Å². The van der Waals surface area contributed by atoms with E-state index < -0.39 is 0 Å². The van der Waals surface area contributed by atoms with E-state index >= 15 is 0 Å². The zero-order valence-corrected chi connectivity index (χ0v) is 18.0. The van der Waals surface area contributed by atoms with E-state index in [4.69, 9.17) is 13.9 Å². The second-order valence-corrected chi connectivity index (χ2v) is 6.46. The summed E-state index contributed by atoms with van der Waals surface area (Å²) in [6.07, 6.45) is 4.59. The zero-order chi connectivity index (χ0) is 17.7. The number of hydrogen-bond donors (Lipinski definition) is 2. The van der Waals surface area contributed by atoms with E-state index in [1.165, 1.54) is 0 Å². The highest BCUT2D eigenvalue weighted by atomic mass is 127. The van der Waals surface area contributed by atoms with Gasteiger partial charge < -0.3 is 24.5 Å². The molecular weight excluding hydrogens is 445 g/mol. The smallest absolute Gasteiger partial charge is 0.191 e. The summed E-state index contributed by atoms with van der Waals surface area (Å²) in [6, 6.07) is 3.88. The van der Waals surface area contributed by atoms with Crippen molar-refractivity contribution in [3.8, 4) is 0 Å². The van der Waals surface area contributed by atoms with E-state index in [0.717, 1.165) is 76.1 Å². The van der Waals surface area contributed by atoms with Gasteiger partial charge >= 0.3 is 0 Å². The van der Waals surface area contributed by atoms with Crippen molar-refractivity contribution >= 4 is 29.9 Å². The third-order valence-electron chi connectivity index (χ3n) is 3.89. The lowest BCUT2D eigenvalue weighted by Crippen LogP contribution is -2.39. The van der Waals surface area contributed by atoms with Crippen LogP contribution < -0.4 is 10.6 Å². The molecule has 0 bridgehead atoms. The van der Waals surface area contributed by atoms with Gasteiger partial charge in [-0.2, -0.15) is 0 Å². The molecule has 2 rings (SSSR count). The monoisotopic (exact) mass is 477 g/mol. The predicted molar refractivity (Wildman–Crippen MR) is 115 cm³/mol. The average molecular weight is 477 g/mol. The molecule has 0 spiro atoms. The van der Waals surface area contributed by atoms with Crippen LogP contribution in [0.2, 0.25) is 0 Å². The van der Waals surface area contributed by atoms with Crippen molar-refractivity contribution in [2.24, 2.45) is 10.9 Å². The topological polar surface area (TPSA) is 68.0 Å². The van der Waals surface area contributed by atoms with Gasteiger partial charge in [0, 0.05) is 38.6 Å². The summed E-state index contributed by atoms with van der Waals surface area (Å²) in [4.78, 5) is 4.53. The van der Waals surface area contributed by atoms with E-state index in [-0.39, 0.29) is 24.0 Å². The van der Waals surface area contributed by atoms with Crippen molar-refractivity contribution in [2.45, 2.75) is 26.2 Å². The molecule has 1 aliphatic heterocycles. The first-order valence-electron chi connectivity index (χ1n) is 9.08. The molecule has 0 aromatic carbocycles. The first kappa shape index (κ1) is 23.0. The Morgan fingerprint density at radius 1 is 1.38 bits per heavy atom. The Bertz CT molecular complexity index is 514. The summed E-state index contributed by atoms with van der Waals surface area (Å²) in [5.74, 6) is 2.35. The van der Waals surface area contributed by atoms with Crippen molar-refractivity contribution in [2.75, 3.05) is 46.1 Å². The molecule has 26 heavy (non-hydrogen) atoms. The van der Waals surface area contributed by atoms with E-state index in [1.54, 1.807) is 6.26 Å². The van der Waals surface area contributed by atoms with Gasteiger partial charge in [-0.1, -0.05) is 12.2 Å². The molecule has 0 radical (unpaired) electrons. The normalized spacial score (nSPS) is 17.0. The number of nitrogens with one attached hydrogen (secondary N) is 2. The molecule has 1 atom stereocenters. The molecule has 2 N–H and O–H groups in total. The van der Waals surface area contributed by atoms with Gasteiger partial charge in [0.1, 0.15) is 5.76 Å². The maximum absolute atomic E-state index is 5.72. The highest BCUT2D eigenvalue weighted by Crippen LogP contribution is 2.12. The second kappa shape index (κ2) is 14.1. The third-order valence-corrected chi connectivity index (χ3v) is 3.89. The molecule has 1 aromatic heterocycles. The average Bonchev–Trinajstić information content (AvgIpc) is 3.28. The Morgan fingerprint density at radius 2 is 2.23 bits per heavy atom. The molecule has 0 saturated carbocycles. The van der Waals surface area contributed by atoms with E-state index in [2.05, 4.69) is 22.2 Å². The van der Waals surface area contributed by atoms with Crippen molar-refractivity contribution < 1.29 is 13.9 Å². The van der Waals surface area contributed by atoms with Gasteiger partial charge in [-0.25, -0.2) is 4.99 Å². The molecule has 7 heteroatoms. The fraction of sp³-hybridized carbons (Fsp3) is 0.632. The number of ether oxygens (including phenoxy) is 2. The summed E-state index contributed by atoms with van der Waals surface area (Å²) in [6.45, 7) is 11.4. The van der Waals surface area contributed by atoms with Crippen molar-refractivity contribution in [1.82, 2.24) is 10.6 Å². The Kier molecular flexibility index (Phi) is 12.4. The molecule has 1 aliphatic rings. The van der Waals surface area contributed by atoms with Gasteiger partial charge in [-0.15, -0.1) is 24.0 Å². The van der Waals surface area contributed by atoms with Crippen LogP contribution in [0.25, 0.3) is 0 Å². The molecule has 1 saturated heterocycles. The number of guanidine groups is 1. The summed E-state index contributed by atoms with van der Waals surface area (Å²) in [5, 5.41) is 6.68. The van der Waals surface area contributed by atoms with Crippen LogP contribution in [0.3, 0.4) is 0 Å². The molecule has 0 aliphatic carbocycles. The maximum Gasteiger partial charge on any atom is 0.191 e. The molecule has 6 nitrogen and oxygen atoms in total. The number of nitrogens with zero attached hydrogens (tertiary/aromatic N) is 1. The van der Waals surface area contributed by atoms with Gasteiger partial charge in [0.05, 0.1) is 26.0 Å². The second-order valence-electron chi connectivity index (χ2n) is 6.46.